The molecule has 0 saturated carbocycles. The van der Waals surface area contributed by atoms with Crippen LogP contribution in [-0.4, -0.2) is 29.5 Å². The Morgan fingerprint density at radius 3 is 2.95 bits per heavy atom. The minimum Gasteiger partial charge on any atom is -0.374 e. The summed E-state index contributed by atoms with van der Waals surface area (Å²) in [6.07, 6.45) is 2.27. The normalized spacial score (nSPS) is 29.0. The van der Waals surface area contributed by atoms with Crippen molar-refractivity contribution in [1.82, 2.24) is 0 Å². The van der Waals surface area contributed by atoms with Crippen LogP contribution in [-0.2, 0) is 4.74 Å². The molecule has 2 aliphatic rings. The molecule has 3 rings (SSSR count). The van der Waals surface area contributed by atoms with E-state index in [1.54, 1.807) is 0 Å². The quantitative estimate of drug-likeness (QED) is 0.571. The summed E-state index contributed by atoms with van der Waals surface area (Å²) in [5.41, 5.74) is 0.0236. The van der Waals surface area contributed by atoms with Gasteiger partial charge in [-0.1, -0.05) is 0 Å². The number of thioether (sulfide) groups is 1. The molecular formula is C15H15BrF2O2S. The number of carbonyl (C=O) groups is 1. The van der Waals surface area contributed by atoms with Crippen molar-refractivity contribution in [2.75, 3.05) is 18.1 Å². The molecule has 6 heteroatoms. The fraction of sp³-hybridized carbons (Fsp3) is 0.533. The van der Waals surface area contributed by atoms with Crippen LogP contribution < -0.4 is 0 Å². The summed E-state index contributed by atoms with van der Waals surface area (Å²) < 4.78 is 32.6. The molecule has 2 unspecified atom stereocenters. The van der Waals surface area contributed by atoms with E-state index >= 15 is 0 Å². The number of Topliss-reactive ketones (excluding diaryl/α,β-unsaturated/α-hetero) is 1. The predicted molar refractivity (Wildman–Crippen MR) is 81.7 cm³/mol. The van der Waals surface area contributed by atoms with Crippen LogP contribution in [0.15, 0.2) is 16.6 Å². The van der Waals surface area contributed by atoms with Crippen molar-refractivity contribution >= 4 is 33.5 Å². The summed E-state index contributed by atoms with van der Waals surface area (Å²) in [4.78, 5) is 12.6. The second-order valence-corrected chi connectivity index (χ2v) is 7.51. The van der Waals surface area contributed by atoms with Crippen molar-refractivity contribution in [1.29, 1.82) is 0 Å². The molecule has 1 aromatic carbocycles. The Morgan fingerprint density at radius 2 is 2.24 bits per heavy atom. The third-order valence-electron chi connectivity index (χ3n) is 4.23. The van der Waals surface area contributed by atoms with Gasteiger partial charge in [0, 0.05) is 23.8 Å². The zero-order valence-corrected chi connectivity index (χ0v) is 13.7. The van der Waals surface area contributed by atoms with Gasteiger partial charge in [0.05, 0.1) is 10.1 Å². The standard InChI is InChI=1S/C15H15BrF2O2S/c16-12-10(1-2-11(17)13(12)18)14(19)9-3-5-20-15(7-9)4-6-21-8-15/h1-2,9H,3-8H2. The van der Waals surface area contributed by atoms with Gasteiger partial charge in [-0.05, 0) is 53.1 Å². The molecule has 0 amide bonds. The lowest BCUT2D eigenvalue weighted by atomic mass is 9.81. The molecule has 0 N–H and O–H groups in total. The van der Waals surface area contributed by atoms with Crippen LogP contribution in [0.1, 0.15) is 29.6 Å². The van der Waals surface area contributed by atoms with Gasteiger partial charge in [0.2, 0.25) is 0 Å². The second kappa shape index (κ2) is 5.97. The number of hydrogen-bond donors (Lipinski definition) is 0. The molecule has 2 heterocycles. The number of benzene rings is 1. The van der Waals surface area contributed by atoms with Crippen molar-refractivity contribution in [3.05, 3.63) is 33.8 Å². The van der Waals surface area contributed by atoms with Crippen LogP contribution in [0, 0.1) is 17.6 Å². The lowest BCUT2D eigenvalue weighted by molar-refractivity contribution is -0.0734. The number of ether oxygens (including phenoxy) is 1. The molecule has 2 aliphatic heterocycles. The maximum atomic E-state index is 13.6. The van der Waals surface area contributed by atoms with Gasteiger partial charge < -0.3 is 4.74 Å². The molecule has 2 fully saturated rings. The first-order valence-electron chi connectivity index (χ1n) is 6.92. The van der Waals surface area contributed by atoms with E-state index in [1.165, 1.54) is 6.07 Å². The van der Waals surface area contributed by atoms with E-state index < -0.39 is 11.6 Å². The maximum Gasteiger partial charge on any atom is 0.173 e. The Labute approximate surface area is 134 Å². The van der Waals surface area contributed by atoms with Crippen LogP contribution in [0.5, 0.6) is 0 Å². The van der Waals surface area contributed by atoms with Crippen molar-refractivity contribution in [2.45, 2.75) is 24.9 Å². The van der Waals surface area contributed by atoms with Crippen LogP contribution >= 0.6 is 27.7 Å². The Hall–Kier alpha value is -0.460. The zero-order chi connectivity index (χ0) is 15.0. The van der Waals surface area contributed by atoms with Crippen molar-refractivity contribution in [3.63, 3.8) is 0 Å². The fourth-order valence-electron chi connectivity index (χ4n) is 3.05. The van der Waals surface area contributed by atoms with Gasteiger partial charge in [0.25, 0.3) is 0 Å². The molecule has 1 aromatic rings. The third-order valence-corrected chi connectivity index (χ3v) is 6.23. The highest BCUT2D eigenvalue weighted by atomic mass is 79.9. The molecule has 0 bridgehead atoms. The summed E-state index contributed by atoms with van der Waals surface area (Å²) in [5, 5.41) is 0. The average Bonchev–Trinajstić information content (AvgIpc) is 2.92. The molecule has 21 heavy (non-hydrogen) atoms. The van der Waals surface area contributed by atoms with Crippen molar-refractivity contribution in [2.24, 2.45) is 5.92 Å². The molecular weight excluding hydrogens is 362 g/mol. The van der Waals surface area contributed by atoms with E-state index in [9.17, 15) is 13.6 Å². The summed E-state index contributed by atoms with van der Waals surface area (Å²) in [7, 11) is 0. The number of rotatable bonds is 2. The van der Waals surface area contributed by atoms with Gasteiger partial charge in [-0.15, -0.1) is 0 Å². The summed E-state index contributed by atoms with van der Waals surface area (Å²) in [5.74, 6) is -0.294. The highest BCUT2D eigenvalue weighted by Gasteiger charge is 2.42. The minimum absolute atomic E-state index is 0.0751. The van der Waals surface area contributed by atoms with E-state index in [0.717, 1.165) is 24.0 Å². The average molecular weight is 377 g/mol. The molecule has 0 aromatic heterocycles. The van der Waals surface area contributed by atoms with Gasteiger partial charge >= 0.3 is 0 Å². The Balaban J connectivity index is 1.83. The molecule has 2 nitrogen and oxygen atoms in total. The molecule has 0 radical (unpaired) electrons. The highest BCUT2D eigenvalue weighted by molar-refractivity contribution is 9.10. The van der Waals surface area contributed by atoms with Crippen LogP contribution in [0.2, 0.25) is 0 Å². The first-order chi connectivity index (χ1) is 10.0. The number of ketones is 1. The molecule has 114 valence electrons. The number of halogens is 3. The van der Waals surface area contributed by atoms with E-state index in [2.05, 4.69) is 15.9 Å². The Morgan fingerprint density at radius 1 is 1.43 bits per heavy atom. The SMILES string of the molecule is O=C(c1ccc(F)c(F)c1Br)C1CCOC2(CCSC2)C1. The smallest absolute Gasteiger partial charge is 0.173 e. The van der Waals surface area contributed by atoms with Crippen molar-refractivity contribution < 1.29 is 18.3 Å². The summed E-state index contributed by atoms with van der Waals surface area (Å²) >= 11 is 4.84. The lowest BCUT2D eigenvalue weighted by Crippen LogP contribution is -2.42. The predicted octanol–water partition coefficient (Wildman–Crippen LogP) is 4.21. The van der Waals surface area contributed by atoms with Gasteiger partial charge in [-0.25, -0.2) is 8.78 Å². The van der Waals surface area contributed by atoms with Gasteiger partial charge in [0.1, 0.15) is 0 Å². The second-order valence-electron chi connectivity index (χ2n) is 5.61. The first-order valence-corrected chi connectivity index (χ1v) is 8.87. The molecule has 2 atom stereocenters. The van der Waals surface area contributed by atoms with E-state index in [1.807, 2.05) is 11.8 Å². The topological polar surface area (TPSA) is 26.3 Å². The van der Waals surface area contributed by atoms with Gasteiger partial charge in [-0.2, -0.15) is 11.8 Å². The monoisotopic (exact) mass is 376 g/mol. The first kappa shape index (κ1) is 15.4. The molecule has 2 saturated heterocycles. The number of carbonyl (C=O) groups excluding carboxylic acids is 1. The van der Waals surface area contributed by atoms with Gasteiger partial charge in [0.15, 0.2) is 17.4 Å². The van der Waals surface area contributed by atoms with Crippen molar-refractivity contribution in [3.8, 4) is 0 Å². The summed E-state index contributed by atoms with van der Waals surface area (Å²) in [6.45, 7) is 0.554. The third kappa shape index (κ3) is 2.90. The summed E-state index contributed by atoms with van der Waals surface area (Å²) in [6, 6.07) is 2.37. The van der Waals surface area contributed by atoms with Crippen LogP contribution in [0.25, 0.3) is 0 Å². The van der Waals surface area contributed by atoms with Crippen LogP contribution in [0.3, 0.4) is 0 Å². The Bertz CT molecular complexity index is 573. The highest BCUT2D eigenvalue weighted by Crippen LogP contribution is 2.41. The van der Waals surface area contributed by atoms with Gasteiger partial charge in [-0.3, -0.25) is 4.79 Å². The lowest BCUT2D eigenvalue weighted by Gasteiger charge is -2.37. The largest absolute Gasteiger partial charge is 0.374 e. The van der Waals surface area contributed by atoms with E-state index in [0.29, 0.717) is 19.4 Å². The molecule has 1 spiro atoms. The maximum absolute atomic E-state index is 13.6. The fourth-order valence-corrected chi connectivity index (χ4v) is 4.95. The van der Waals surface area contributed by atoms with Crippen LogP contribution in [0.4, 0.5) is 8.78 Å². The minimum atomic E-state index is -1.00. The molecule has 0 aliphatic carbocycles. The zero-order valence-electron chi connectivity index (χ0n) is 11.3. The van der Waals surface area contributed by atoms with E-state index in [4.69, 9.17) is 4.74 Å². The Kier molecular flexibility index (Phi) is 4.39. The number of hydrogen-bond acceptors (Lipinski definition) is 3. The van der Waals surface area contributed by atoms with E-state index in [-0.39, 0.29) is 27.3 Å².